The van der Waals surface area contributed by atoms with Crippen LogP contribution in [0.25, 0.3) is 11.0 Å². The number of pyridine rings is 1. The summed E-state index contributed by atoms with van der Waals surface area (Å²) in [6, 6.07) is 10.4. The molecule has 8 heteroatoms. The number of amides is 1. The molecule has 1 fully saturated rings. The van der Waals surface area contributed by atoms with Gasteiger partial charge < -0.3 is 15.0 Å². The first kappa shape index (κ1) is 20.3. The van der Waals surface area contributed by atoms with Crippen LogP contribution < -0.4 is 5.32 Å². The number of H-pyrrole nitrogens is 1. The van der Waals surface area contributed by atoms with Crippen LogP contribution in [0.4, 0.5) is 10.2 Å². The minimum absolute atomic E-state index is 0.136. The molecule has 1 atom stereocenters. The van der Waals surface area contributed by atoms with Crippen LogP contribution in [0.15, 0.2) is 36.4 Å². The van der Waals surface area contributed by atoms with E-state index >= 15 is 0 Å². The van der Waals surface area contributed by atoms with Gasteiger partial charge in [-0.05, 0) is 42.7 Å². The van der Waals surface area contributed by atoms with E-state index in [2.05, 4.69) is 15.5 Å². The number of aromatic nitrogens is 3. The molecular weight excluding hydrogens is 385 g/mol. The molecule has 30 heavy (non-hydrogen) atoms. The van der Waals surface area contributed by atoms with Gasteiger partial charge in [0.1, 0.15) is 5.82 Å². The zero-order valence-electron chi connectivity index (χ0n) is 17.0. The second-order valence-corrected chi connectivity index (χ2v) is 7.61. The van der Waals surface area contributed by atoms with Gasteiger partial charge in [0.05, 0.1) is 18.4 Å². The van der Waals surface area contributed by atoms with Crippen molar-refractivity contribution in [3.8, 4) is 0 Å². The highest BCUT2D eigenvalue weighted by atomic mass is 19.1. The van der Waals surface area contributed by atoms with E-state index in [1.807, 2.05) is 17.0 Å². The molecule has 3 aromatic rings. The highest BCUT2D eigenvalue weighted by Gasteiger charge is 2.25. The van der Waals surface area contributed by atoms with Crippen molar-refractivity contribution in [2.24, 2.45) is 0 Å². The number of fused-ring (bicyclic) bond motifs is 1. The summed E-state index contributed by atoms with van der Waals surface area (Å²) in [6.07, 6.45) is 2.40. The molecule has 1 aliphatic heterocycles. The minimum atomic E-state index is -0.248. The molecule has 1 saturated heterocycles. The Morgan fingerprint density at radius 3 is 2.93 bits per heavy atom. The molecule has 4 rings (SSSR count). The molecular formula is C22H26FN5O2. The van der Waals surface area contributed by atoms with E-state index in [1.165, 1.54) is 12.1 Å². The lowest BCUT2D eigenvalue weighted by atomic mass is 9.94. The molecule has 0 bridgehead atoms. The van der Waals surface area contributed by atoms with E-state index in [0.717, 1.165) is 41.7 Å². The number of rotatable bonds is 7. The Morgan fingerprint density at radius 2 is 2.13 bits per heavy atom. The van der Waals surface area contributed by atoms with Crippen LogP contribution in [0.1, 0.15) is 36.4 Å². The summed E-state index contributed by atoms with van der Waals surface area (Å²) in [5, 5.41) is 11.5. The number of benzene rings is 1. The largest absolute Gasteiger partial charge is 0.384 e. The van der Waals surface area contributed by atoms with E-state index in [0.29, 0.717) is 31.9 Å². The van der Waals surface area contributed by atoms with Crippen molar-refractivity contribution in [2.75, 3.05) is 32.1 Å². The molecule has 0 spiro atoms. The average molecular weight is 411 g/mol. The Balaban J connectivity index is 1.43. The van der Waals surface area contributed by atoms with Gasteiger partial charge >= 0.3 is 0 Å². The third-order valence-corrected chi connectivity index (χ3v) is 5.53. The number of methoxy groups -OCH3 is 1. The number of carbonyl (C=O) groups excluding carboxylic acids is 1. The second-order valence-electron chi connectivity index (χ2n) is 7.61. The van der Waals surface area contributed by atoms with Gasteiger partial charge in [-0.2, -0.15) is 5.10 Å². The smallest absolute Gasteiger partial charge is 0.224 e. The van der Waals surface area contributed by atoms with Gasteiger partial charge in [-0.3, -0.25) is 9.89 Å². The topological polar surface area (TPSA) is 83.1 Å². The summed E-state index contributed by atoms with van der Waals surface area (Å²) in [6.45, 7) is 2.48. The molecule has 0 unspecified atom stereocenters. The Morgan fingerprint density at radius 1 is 1.30 bits per heavy atom. The number of ether oxygens (including phenoxy) is 1. The standard InChI is InChI=1S/C22H26FN5O2/c1-30-12-10-20(29)28-11-2-3-16(14-28)19-9-8-18-21(26-27-22(18)25-19)24-13-15-4-6-17(23)7-5-15/h4-9,16H,2-3,10-14H2,1H3,(H2,24,25,26,27)/t16-/m1/s1. The monoisotopic (exact) mass is 411 g/mol. The predicted molar refractivity (Wildman–Crippen MR) is 113 cm³/mol. The van der Waals surface area contributed by atoms with Gasteiger partial charge in [0.15, 0.2) is 11.5 Å². The molecule has 1 aliphatic rings. The number of hydrogen-bond acceptors (Lipinski definition) is 5. The average Bonchev–Trinajstić information content (AvgIpc) is 3.19. The van der Waals surface area contributed by atoms with Gasteiger partial charge in [-0.15, -0.1) is 0 Å². The van der Waals surface area contributed by atoms with Crippen LogP contribution in [-0.2, 0) is 16.1 Å². The van der Waals surface area contributed by atoms with Gasteiger partial charge in [-0.1, -0.05) is 12.1 Å². The summed E-state index contributed by atoms with van der Waals surface area (Å²) in [4.78, 5) is 19.0. The van der Waals surface area contributed by atoms with Gasteiger partial charge in [0, 0.05) is 38.4 Å². The fourth-order valence-electron chi connectivity index (χ4n) is 3.86. The first-order valence-electron chi connectivity index (χ1n) is 10.2. The SMILES string of the molecule is COCCC(=O)N1CCC[C@@H](c2ccc3c(NCc4ccc(F)cc4)n[nH]c3n2)C1. The first-order chi connectivity index (χ1) is 14.6. The van der Waals surface area contributed by atoms with Crippen molar-refractivity contribution in [3.63, 3.8) is 0 Å². The number of piperidine rings is 1. The van der Waals surface area contributed by atoms with Crippen LogP contribution >= 0.6 is 0 Å². The number of nitrogens with one attached hydrogen (secondary N) is 2. The summed E-state index contributed by atoms with van der Waals surface area (Å²) in [5.41, 5.74) is 2.66. The van der Waals surface area contributed by atoms with E-state index < -0.39 is 0 Å². The lowest BCUT2D eigenvalue weighted by molar-refractivity contribution is -0.133. The van der Waals surface area contributed by atoms with E-state index in [9.17, 15) is 9.18 Å². The third kappa shape index (κ3) is 4.59. The summed E-state index contributed by atoms with van der Waals surface area (Å²) >= 11 is 0. The normalized spacial score (nSPS) is 16.7. The predicted octanol–water partition coefficient (Wildman–Crippen LogP) is 3.45. The Kier molecular flexibility index (Phi) is 6.23. The number of carbonyl (C=O) groups is 1. The Bertz CT molecular complexity index is 1000. The number of hydrogen-bond donors (Lipinski definition) is 2. The molecule has 0 saturated carbocycles. The van der Waals surface area contributed by atoms with E-state index in [4.69, 9.17) is 9.72 Å². The highest BCUT2D eigenvalue weighted by molar-refractivity contribution is 5.87. The molecule has 2 N–H and O–H groups in total. The number of halogens is 1. The quantitative estimate of drug-likeness (QED) is 0.622. The first-order valence-corrected chi connectivity index (χ1v) is 10.2. The summed E-state index contributed by atoms with van der Waals surface area (Å²) in [7, 11) is 1.61. The Labute approximate surface area is 174 Å². The maximum Gasteiger partial charge on any atom is 0.224 e. The lowest BCUT2D eigenvalue weighted by Gasteiger charge is -2.32. The van der Waals surface area contributed by atoms with Crippen molar-refractivity contribution in [1.29, 1.82) is 0 Å². The minimum Gasteiger partial charge on any atom is -0.384 e. The van der Waals surface area contributed by atoms with Crippen molar-refractivity contribution in [1.82, 2.24) is 20.1 Å². The van der Waals surface area contributed by atoms with Crippen LogP contribution in [0.3, 0.4) is 0 Å². The maximum atomic E-state index is 13.0. The maximum absolute atomic E-state index is 13.0. The molecule has 3 heterocycles. The number of nitrogens with zero attached hydrogens (tertiary/aromatic N) is 3. The molecule has 0 aliphatic carbocycles. The molecule has 1 amide bonds. The molecule has 7 nitrogen and oxygen atoms in total. The van der Waals surface area contributed by atoms with Crippen LogP contribution in [0.5, 0.6) is 0 Å². The number of aromatic amines is 1. The van der Waals surface area contributed by atoms with Gasteiger partial charge in [0.2, 0.25) is 5.91 Å². The highest BCUT2D eigenvalue weighted by Crippen LogP contribution is 2.28. The Hall–Kier alpha value is -3.00. The zero-order chi connectivity index (χ0) is 20.9. The van der Waals surface area contributed by atoms with Crippen molar-refractivity contribution < 1.29 is 13.9 Å². The molecule has 2 aromatic heterocycles. The molecule has 158 valence electrons. The van der Waals surface area contributed by atoms with Crippen LogP contribution in [0, 0.1) is 5.82 Å². The van der Waals surface area contributed by atoms with Gasteiger partial charge in [-0.25, -0.2) is 9.37 Å². The summed E-state index contributed by atoms with van der Waals surface area (Å²) < 4.78 is 18.1. The molecule has 0 radical (unpaired) electrons. The van der Waals surface area contributed by atoms with Crippen molar-refractivity contribution in [2.45, 2.75) is 31.7 Å². The van der Waals surface area contributed by atoms with E-state index in [-0.39, 0.29) is 17.6 Å². The lowest BCUT2D eigenvalue weighted by Crippen LogP contribution is -2.39. The van der Waals surface area contributed by atoms with Crippen molar-refractivity contribution in [3.05, 3.63) is 53.5 Å². The van der Waals surface area contributed by atoms with Crippen LogP contribution in [0.2, 0.25) is 0 Å². The number of likely N-dealkylation sites (tertiary alicyclic amines) is 1. The van der Waals surface area contributed by atoms with Crippen molar-refractivity contribution >= 4 is 22.8 Å². The van der Waals surface area contributed by atoms with Gasteiger partial charge in [0.25, 0.3) is 0 Å². The molecule has 1 aromatic carbocycles. The summed E-state index contributed by atoms with van der Waals surface area (Å²) in [5.74, 6) is 0.820. The number of anilines is 1. The van der Waals surface area contributed by atoms with Crippen LogP contribution in [-0.4, -0.2) is 52.8 Å². The second kappa shape index (κ2) is 9.21. The fraction of sp³-hybridized carbons (Fsp3) is 0.409. The van der Waals surface area contributed by atoms with E-state index in [1.54, 1.807) is 19.2 Å². The fourth-order valence-corrected chi connectivity index (χ4v) is 3.86. The zero-order valence-corrected chi connectivity index (χ0v) is 17.0. The third-order valence-electron chi connectivity index (χ3n) is 5.53.